The van der Waals surface area contributed by atoms with Crippen molar-refractivity contribution in [3.8, 4) is 0 Å². The van der Waals surface area contributed by atoms with Gasteiger partial charge in [0.1, 0.15) is 6.61 Å². The van der Waals surface area contributed by atoms with Crippen LogP contribution in [0.1, 0.15) is 174 Å². The van der Waals surface area contributed by atoms with Crippen LogP contribution in [0.15, 0.2) is 0 Å². The Hall–Kier alpha value is -1.10. The molecule has 0 heterocycles. The van der Waals surface area contributed by atoms with E-state index in [4.69, 9.17) is 9.47 Å². The molecular formula is C32H62O5. The van der Waals surface area contributed by atoms with Crippen molar-refractivity contribution in [2.75, 3.05) is 13.2 Å². The van der Waals surface area contributed by atoms with Crippen LogP contribution in [0.3, 0.4) is 0 Å². The molecule has 0 aliphatic rings. The predicted octanol–water partition coefficient (Wildman–Crippen LogP) is 9.23. The number of ether oxygens (including phenoxy) is 2. The number of esters is 2. The highest BCUT2D eigenvalue weighted by molar-refractivity contribution is 5.70. The van der Waals surface area contributed by atoms with Gasteiger partial charge in [0.2, 0.25) is 0 Å². The quantitative estimate of drug-likeness (QED) is 0.0776. The zero-order valence-electron chi connectivity index (χ0n) is 24.7. The van der Waals surface area contributed by atoms with Gasteiger partial charge in [0.25, 0.3) is 0 Å². The maximum absolute atomic E-state index is 12.0. The molecule has 0 amide bonds. The van der Waals surface area contributed by atoms with Gasteiger partial charge in [0, 0.05) is 12.8 Å². The lowest BCUT2D eigenvalue weighted by Crippen LogP contribution is -2.28. The summed E-state index contributed by atoms with van der Waals surface area (Å²) in [7, 11) is 0. The van der Waals surface area contributed by atoms with Gasteiger partial charge < -0.3 is 14.6 Å². The molecule has 1 atom stereocenters. The number of unbranched alkanes of at least 4 members (excludes halogenated alkanes) is 21. The van der Waals surface area contributed by atoms with E-state index in [-0.39, 0.29) is 25.2 Å². The third-order valence-electron chi connectivity index (χ3n) is 7.15. The van der Waals surface area contributed by atoms with Crippen LogP contribution in [0.5, 0.6) is 0 Å². The van der Waals surface area contributed by atoms with Crippen LogP contribution in [0.2, 0.25) is 0 Å². The number of hydrogen-bond acceptors (Lipinski definition) is 5. The van der Waals surface area contributed by atoms with E-state index in [0.29, 0.717) is 12.8 Å². The number of hydrogen-bond donors (Lipinski definition) is 1. The predicted molar refractivity (Wildman–Crippen MR) is 155 cm³/mol. The van der Waals surface area contributed by atoms with E-state index in [0.717, 1.165) is 32.1 Å². The summed E-state index contributed by atoms with van der Waals surface area (Å²) in [6, 6.07) is 0. The SMILES string of the molecule is CCCCCCCCCCCCCCCCCCCCCCCC(=O)OC(CO)COC(=O)CCCC. The van der Waals surface area contributed by atoms with Crippen molar-refractivity contribution < 1.29 is 24.2 Å². The average Bonchev–Trinajstić information content (AvgIpc) is 2.90. The minimum absolute atomic E-state index is 0.0654. The molecule has 0 saturated heterocycles. The number of aliphatic hydroxyl groups is 1. The Morgan fingerprint density at radius 3 is 1.24 bits per heavy atom. The van der Waals surface area contributed by atoms with Crippen LogP contribution in [0, 0.1) is 0 Å². The number of rotatable bonds is 29. The molecule has 0 aliphatic carbocycles. The van der Waals surface area contributed by atoms with E-state index in [1.54, 1.807) is 0 Å². The molecule has 0 spiro atoms. The van der Waals surface area contributed by atoms with Crippen molar-refractivity contribution in [1.82, 2.24) is 0 Å². The van der Waals surface area contributed by atoms with Crippen molar-refractivity contribution in [2.24, 2.45) is 0 Å². The highest BCUT2D eigenvalue weighted by atomic mass is 16.6. The molecule has 5 nitrogen and oxygen atoms in total. The summed E-state index contributed by atoms with van der Waals surface area (Å²) < 4.78 is 10.3. The van der Waals surface area contributed by atoms with Gasteiger partial charge in [-0.3, -0.25) is 9.59 Å². The molecule has 0 fully saturated rings. The van der Waals surface area contributed by atoms with Gasteiger partial charge in [-0.05, 0) is 12.8 Å². The molecule has 0 radical (unpaired) electrons. The molecule has 0 aromatic heterocycles. The lowest BCUT2D eigenvalue weighted by molar-refractivity contribution is -0.161. The Bertz CT molecular complexity index is 494. The summed E-state index contributed by atoms with van der Waals surface area (Å²) in [6.07, 6.45) is 29.8. The van der Waals surface area contributed by atoms with Gasteiger partial charge in [-0.25, -0.2) is 0 Å². The van der Waals surface area contributed by atoms with E-state index in [9.17, 15) is 14.7 Å². The lowest BCUT2D eigenvalue weighted by Gasteiger charge is -2.15. The van der Waals surface area contributed by atoms with Gasteiger partial charge in [-0.2, -0.15) is 0 Å². The molecule has 37 heavy (non-hydrogen) atoms. The van der Waals surface area contributed by atoms with Crippen molar-refractivity contribution >= 4 is 11.9 Å². The van der Waals surface area contributed by atoms with Crippen LogP contribution in [0.4, 0.5) is 0 Å². The first-order valence-corrected chi connectivity index (χ1v) is 16.1. The zero-order chi connectivity index (χ0) is 27.2. The summed E-state index contributed by atoms with van der Waals surface area (Å²) >= 11 is 0. The molecule has 0 bridgehead atoms. The van der Waals surface area contributed by atoms with Gasteiger partial charge in [-0.15, -0.1) is 0 Å². The highest BCUT2D eigenvalue weighted by Gasteiger charge is 2.15. The normalized spacial score (nSPS) is 12.0. The smallest absolute Gasteiger partial charge is 0.306 e. The second kappa shape index (κ2) is 29.5. The van der Waals surface area contributed by atoms with Gasteiger partial charge in [0.15, 0.2) is 6.10 Å². The molecule has 0 aliphatic heterocycles. The number of carbonyl (C=O) groups excluding carboxylic acids is 2. The second-order valence-corrected chi connectivity index (χ2v) is 10.9. The molecule has 220 valence electrons. The first-order chi connectivity index (χ1) is 18.1. The minimum Gasteiger partial charge on any atom is -0.462 e. The third kappa shape index (κ3) is 27.7. The summed E-state index contributed by atoms with van der Waals surface area (Å²) in [6.45, 7) is 3.90. The first-order valence-electron chi connectivity index (χ1n) is 16.1. The van der Waals surface area contributed by atoms with Gasteiger partial charge in [0.05, 0.1) is 6.61 Å². The zero-order valence-corrected chi connectivity index (χ0v) is 24.7. The summed E-state index contributed by atoms with van der Waals surface area (Å²) in [5.41, 5.74) is 0. The molecular weight excluding hydrogens is 464 g/mol. The van der Waals surface area contributed by atoms with Crippen molar-refractivity contribution in [3.63, 3.8) is 0 Å². The van der Waals surface area contributed by atoms with Crippen LogP contribution >= 0.6 is 0 Å². The average molecular weight is 527 g/mol. The van der Waals surface area contributed by atoms with Crippen LogP contribution in [-0.4, -0.2) is 36.4 Å². The number of carbonyl (C=O) groups is 2. The monoisotopic (exact) mass is 526 g/mol. The Morgan fingerprint density at radius 1 is 0.514 bits per heavy atom. The fourth-order valence-electron chi connectivity index (χ4n) is 4.65. The Balaban J connectivity index is 3.34. The fourth-order valence-corrected chi connectivity index (χ4v) is 4.65. The van der Waals surface area contributed by atoms with Crippen LogP contribution in [-0.2, 0) is 19.1 Å². The Labute approximate surface area is 229 Å². The van der Waals surface area contributed by atoms with E-state index in [2.05, 4.69) is 6.92 Å². The molecule has 0 aromatic carbocycles. The topological polar surface area (TPSA) is 72.8 Å². The van der Waals surface area contributed by atoms with E-state index < -0.39 is 6.10 Å². The second-order valence-electron chi connectivity index (χ2n) is 10.9. The minimum atomic E-state index is -0.756. The summed E-state index contributed by atoms with van der Waals surface area (Å²) in [5, 5.41) is 9.34. The van der Waals surface area contributed by atoms with Gasteiger partial charge in [-0.1, -0.05) is 149 Å². The Kier molecular flexibility index (Phi) is 28.6. The van der Waals surface area contributed by atoms with Crippen molar-refractivity contribution in [2.45, 2.75) is 180 Å². The van der Waals surface area contributed by atoms with Crippen molar-refractivity contribution in [1.29, 1.82) is 0 Å². The van der Waals surface area contributed by atoms with E-state index >= 15 is 0 Å². The van der Waals surface area contributed by atoms with E-state index in [1.165, 1.54) is 116 Å². The largest absolute Gasteiger partial charge is 0.462 e. The first kappa shape index (κ1) is 35.9. The number of aliphatic hydroxyl groups excluding tert-OH is 1. The summed E-state index contributed by atoms with van der Waals surface area (Å²) in [5.74, 6) is -0.623. The highest BCUT2D eigenvalue weighted by Crippen LogP contribution is 2.15. The fraction of sp³-hybridized carbons (Fsp3) is 0.938. The molecule has 5 heteroatoms. The maximum Gasteiger partial charge on any atom is 0.306 e. The van der Waals surface area contributed by atoms with Crippen molar-refractivity contribution in [3.05, 3.63) is 0 Å². The molecule has 0 rings (SSSR count). The third-order valence-corrected chi connectivity index (χ3v) is 7.15. The molecule has 0 saturated carbocycles. The maximum atomic E-state index is 12.0. The van der Waals surface area contributed by atoms with Crippen LogP contribution in [0.25, 0.3) is 0 Å². The van der Waals surface area contributed by atoms with Crippen LogP contribution < -0.4 is 0 Å². The molecule has 1 N–H and O–H groups in total. The van der Waals surface area contributed by atoms with Gasteiger partial charge >= 0.3 is 11.9 Å². The molecule has 0 aromatic rings. The molecule has 1 unspecified atom stereocenters. The Morgan fingerprint density at radius 2 is 0.865 bits per heavy atom. The summed E-state index contributed by atoms with van der Waals surface area (Å²) in [4.78, 5) is 23.5. The van der Waals surface area contributed by atoms with E-state index in [1.807, 2.05) is 6.92 Å². The standard InChI is InChI=1S/C32H62O5/c1-3-5-7-8-9-10-11-12-13-14-15-16-17-18-19-20-21-22-23-24-25-27-32(35)37-30(28-33)29-36-31(34)26-6-4-2/h30,33H,3-29H2,1-2H3. The lowest BCUT2D eigenvalue weighted by atomic mass is 10.0.